The second-order valence-electron chi connectivity index (χ2n) is 7.87. The highest BCUT2D eigenvalue weighted by atomic mass is 16.5. The van der Waals surface area contributed by atoms with E-state index in [2.05, 4.69) is 5.32 Å². The topological polar surface area (TPSA) is 88.1 Å². The first kappa shape index (κ1) is 21.6. The Kier molecular flexibility index (Phi) is 7.89. The lowest BCUT2D eigenvalue weighted by Gasteiger charge is -2.36. The van der Waals surface area contributed by atoms with E-state index in [0.29, 0.717) is 45.4 Å². The Balaban J connectivity index is 1.46. The number of fused-ring (bicyclic) bond motifs is 1. The molecule has 1 aliphatic carbocycles. The van der Waals surface area contributed by atoms with E-state index in [1.165, 1.54) is 0 Å². The maximum atomic E-state index is 12.8. The summed E-state index contributed by atoms with van der Waals surface area (Å²) < 4.78 is 11.0. The summed E-state index contributed by atoms with van der Waals surface area (Å²) in [5.74, 6) is 0.907. The van der Waals surface area contributed by atoms with Crippen LogP contribution in [0.15, 0.2) is 18.2 Å². The number of carbonyl (C=O) groups is 2. The van der Waals surface area contributed by atoms with E-state index in [-0.39, 0.29) is 24.0 Å². The SMILES string of the molecule is COCCN(C(=O)CCCOc1ccc2c(c1)CCC(=O)N2)C1CCCC(O)C1. The van der Waals surface area contributed by atoms with Crippen LogP contribution in [0.1, 0.15) is 50.5 Å². The zero-order valence-electron chi connectivity index (χ0n) is 17.2. The number of ether oxygens (including phenoxy) is 2. The quantitative estimate of drug-likeness (QED) is 0.618. The van der Waals surface area contributed by atoms with Gasteiger partial charge in [0.2, 0.25) is 11.8 Å². The minimum atomic E-state index is -0.316. The molecule has 3 rings (SSSR count). The molecule has 1 aliphatic heterocycles. The number of rotatable bonds is 9. The summed E-state index contributed by atoms with van der Waals surface area (Å²) >= 11 is 0. The van der Waals surface area contributed by atoms with Gasteiger partial charge in [0, 0.05) is 38.2 Å². The lowest BCUT2D eigenvalue weighted by molar-refractivity contribution is -0.136. The van der Waals surface area contributed by atoms with Gasteiger partial charge >= 0.3 is 0 Å². The third-order valence-corrected chi connectivity index (χ3v) is 5.69. The minimum absolute atomic E-state index is 0.0493. The van der Waals surface area contributed by atoms with Crippen molar-refractivity contribution in [2.45, 2.75) is 63.5 Å². The number of hydrogen-bond acceptors (Lipinski definition) is 5. The lowest BCUT2D eigenvalue weighted by Crippen LogP contribution is -2.45. The van der Waals surface area contributed by atoms with Crippen molar-refractivity contribution in [1.29, 1.82) is 0 Å². The van der Waals surface area contributed by atoms with Crippen LogP contribution in [0, 0.1) is 0 Å². The first-order valence-electron chi connectivity index (χ1n) is 10.6. The third kappa shape index (κ3) is 6.18. The summed E-state index contributed by atoms with van der Waals surface area (Å²) in [6.45, 7) is 1.52. The van der Waals surface area contributed by atoms with Crippen molar-refractivity contribution >= 4 is 17.5 Å². The van der Waals surface area contributed by atoms with Gasteiger partial charge in [-0.05, 0) is 62.3 Å². The summed E-state index contributed by atoms with van der Waals surface area (Å²) in [6, 6.07) is 5.78. The van der Waals surface area contributed by atoms with Crippen LogP contribution < -0.4 is 10.1 Å². The summed E-state index contributed by atoms with van der Waals surface area (Å²) in [5.41, 5.74) is 1.94. The lowest BCUT2D eigenvalue weighted by atomic mass is 9.91. The molecule has 1 aromatic rings. The second kappa shape index (κ2) is 10.6. The van der Waals surface area contributed by atoms with Crippen LogP contribution in [0.4, 0.5) is 5.69 Å². The van der Waals surface area contributed by atoms with Crippen LogP contribution >= 0.6 is 0 Å². The maximum absolute atomic E-state index is 12.8. The molecule has 7 heteroatoms. The molecule has 0 bridgehead atoms. The first-order chi connectivity index (χ1) is 14.1. The number of amides is 2. The molecule has 2 N–H and O–H groups in total. The van der Waals surface area contributed by atoms with Crippen molar-refractivity contribution in [3.05, 3.63) is 23.8 Å². The fourth-order valence-electron chi connectivity index (χ4n) is 4.13. The van der Waals surface area contributed by atoms with E-state index >= 15 is 0 Å². The van der Waals surface area contributed by atoms with Gasteiger partial charge in [-0.25, -0.2) is 0 Å². The number of anilines is 1. The Morgan fingerprint density at radius 2 is 2.14 bits per heavy atom. The minimum Gasteiger partial charge on any atom is -0.494 e. The van der Waals surface area contributed by atoms with Gasteiger partial charge in [0.15, 0.2) is 0 Å². The van der Waals surface area contributed by atoms with E-state index in [1.54, 1.807) is 7.11 Å². The Morgan fingerprint density at radius 1 is 1.28 bits per heavy atom. The molecule has 2 atom stereocenters. The van der Waals surface area contributed by atoms with Gasteiger partial charge < -0.3 is 24.8 Å². The number of benzene rings is 1. The predicted octanol–water partition coefficient (Wildman–Crippen LogP) is 2.51. The molecule has 2 amide bonds. The largest absolute Gasteiger partial charge is 0.494 e. The summed E-state index contributed by atoms with van der Waals surface area (Å²) in [6.07, 6.45) is 5.31. The van der Waals surface area contributed by atoms with Crippen LogP contribution in [0.2, 0.25) is 0 Å². The smallest absolute Gasteiger partial charge is 0.224 e. The fourth-order valence-corrected chi connectivity index (χ4v) is 4.13. The van der Waals surface area contributed by atoms with E-state index in [0.717, 1.165) is 42.7 Å². The van der Waals surface area contributed by atoms with Crippen molar-refractivity contribution in [2.24, 2.45) is 0 Å². The third-order valence-electron chi connectivity index (χ3n) is 5.69. The molecule has 1 heterocycles. The van der Waals surface area contributed by atoms with Crippen molar-refractivity contribution in [3.63, 3.8) is 0 Å². The number of aryl methyl sites for hydroxylation is 1. The van der Waals surface area contributed by atoms with Crippen molar-refractivity contribution in [3.8, 4) is 5.75 Å². The molecule has 0 radical (unpaired) electrons. The monoisotopic (exact) mass is 404 g/mol. The van der Waals surface area contributed by atoms with Gasteiger partial charge in [-0.3, -0.25) is 9.59 Å². The van der Waals surface area contributed by atoms with E-state index in [9.17, 15) is 14.7 Å². The Bertz CT molecular complexity index is 708. The predicted molar refractivity (Wildman–Crippen MR) is 110 cm³/mol. The van der Waals surface area contributed by atoms with Gasteiger partial charge in [-0.1, -0.05) is 0 Å². The second-order valence-corrected chi connectivity index (χ2v) is 7.87. The number of methoxy groups -OCH3 is 1. The van der Waals surface area contributed by atoms with Crippen molar-refractivity contribution in [1.82, 2.24) is 4.90 Å². The van der Waals surface area contributed by atoms with Crippen molar-refractivity contribution < 1.29 is 24.2 Å². The highest BCUT2D eigenvalue weighted by molar-refractivity contribution is 5.94. The number of aliphatic hydroxyl groups is 1. The van der Waals surface area contributed by atoms with Gasteiger partial charge in [-0.2, -0.15) is 0 Å². The molecule has 160 valence electrons. The molecule has 0 spiro atoms. The van der Waals surface area contributed by atoms with Crippen molar-refractivity contribution in [2.75, 3.05) is 32.2 Å². The van der Waals surface area contributed by atoms with Crippen LogP contribution in [0.25, 0.3) is 0 Å². The van der Waals surface area contributed by atoms with Gasteiger partial charge in [0.05, 0.1) is 19.3 Å². The molecule has 29 heavy (non-hydrogen) atoms. The average molecular weight is 405 g/mol. The van der Waals surface area contributed by atoms with E-state index in [4.69, 9.17) is 9.47 Å². The first-order valence-corrected chi connectivity index (χ1v) is 10.6. The molecule has 1 aromatic carbocycles. The zero-order valence-corrected chi connectivity index (χ0v) is 17.2. The molecule has 0 aromatic heterocycles. The summed E-state index contributed by atoms with van der Waals surface area (Å²) in [4.78, 5) is 26.1. The van der Waals surface area contributed by atoms with Crippen LogP contribution in [-0.2, 0) is 20.7 Å². The number of nitrogens with zero attached hydrogens (tertiary/aromatic N) is 1. The molecule has 2 unspecified atom stereocenters. The summed E-state index contributed by atoms with van der Waals surface area (Å²) in [7, 11) is 1.64. The number of nitrogens with one attached hydrogen (secondary N) is 1. The van der Waals surface area contributed by atoms with Crippen LogP contribution in [0.5, 0.6) is 5.75 Å². The van der Waals surface area contributed by atoms with Gasteiger partial charge in [0.1, 0.15) is 5.75 Å². The maximum Gasteiger partial charge on any atom is 0.224 e. The number of aliphatic hydroxyl groups excluding tert-OH is 1. The molecule has 1 fully saturated rings. The molecular formula is C22H32N2O5. The Hall–Kier alpha value is -2.12. The fraction of sp³-hybridized carbons (Fsp3) is 0.636. The molecule has 0 saturated heterocycles. The highest BCUT2D eigenvalue weighted by Gasteiger charge is 2.28. The summed E-state index contributed by atoms with van der Waals surface area (Å²) in [5, 5.41) is 12.8. The Labute approximate surface area is 172 Å². The van der Waals surface area contributed by atoms with Gasteiger partial charge in [-0.15, -0.1) is 0 Å². The standard InChI is InChI=1S/C22H32N2O5/c1-28-13-11-24(17-4-2-5-18(25)15-17)22(27)6-3-12-29-19-8-9-20-16(14-19)7-10-21(26)23-20/h8-9,14,17-18,25H,2-7,10-13,15H2,1H3,(H,23,26). The molecule has 2 aliphatic rings. The Morgan fingerprint density at radius 3 is 2.93 bits per heavy atom. The van der Waals surface area contributed by atoms with Crippen LogP contribution in [0.3, 0.4) is 0 Å². The van der Waals surface area contributed by atoms with Crippen LogP contribution in [-0.4, -0.2) is 60.8 Å². The average Bonchev–Trinajstić information content (AvgIpc) is 2.71. The molecule has 1 saturated carbocycles. The van der Waals surface area contributed by atoms with Gasteiger partial charge in [0.25, 0.3) is 0 Å². The van der Waals surface area contributed by atoms with E-state index < -0.39 is 0 Å². The molecule has 7 nitrogen and oxygen atoms in total. The number of carbonyl (C=O) groups excluding carboxylic acids is 2. The van der Waals surface area contributed by atoms with E-state index in [1.807, 2.05) is 23.1 Å². The normalized spacial score (nSPS) is 21.2. The highest BCUT2D eigenvalue weighted by Crippen LogP contribution is 2.27. The molecular weight excluding hydrogens is 372 g/mol. The zero-order chi connectivity index (χ0) is 20.6. The number of hydrogen-bond donors (Lipinski definition) is 2.